The molecule has 1 saturated heterocycles. The highest BCUT2D eigenvalue weighted by Gasteiger charge is 2.29. The molecule has 1 aromatic rings. The summed E-state index contributed by atoms with van der Waals surface area (Å²) in [5, 5.41) is 0. The third-order valence-corrected chi connectivity index (χ3v) is 5.54. The normalized spacial score (nSPS) is 23.9. The lowest BCUT2D eigenvalue weighted by Gasteiger charge is -2.31. The van der Waals surface area contributed by atoms with Gasteiger partial charge in [0.15, 0.2) is 0 Å². The van der Waals surface area contributed by atoms with Crippen molar-refractivity contribution in [1.82, 2.24) is 4.90 Å². The molecule has 5 heteroatoms. The van der Waals surface area contributed by atoms with Crippen LogP contribution in [-0.2, 0) is 16.1 Å². The molecule has 2 aliphatic rings. The van der Waals surface area contributed by atoms with Crippen molar-refractivity contribution in [2.75, 3.05) is 19.8 Å². The van der Waals surface area contributed by atoms with Gasteiger partial charge in [0, 0.05) is 38.8 Å². The molecule has 1 aliphatic carbocycles. The maximum absolute atomic E-state index is 13.0. The summed E-state index contributed by atoms with van der Waals surface area (Å²) >= 11 is 0. The van der Waals surface area contributed by atoms with Crippen LogP contribution in [0.4, 0.5) is 0 Å². The van der Waals surface area contributed by atoms with Crippen LogP contribution >= 0.6 is 12.4 Å². The molecule has 2 N–H and O–H groups in total. The number of nitrogens with zero attached hydrogens (tertiary/aromatic N) is 1. The van der Waals surface area contributed by atoms with Crippen molar-refractivity contribution in [3.8, 4) is 0 Å². The third-order valence-electron chi connectivity index (χ3n) is 5.54. The maximum atomic E-state index is 13.0. The van der Waals surface area contributed by atoms with Crippen LogP contribution in [0.25, 0.3) is 0 Å². The molecule has 1 amide bonds. The number of amides is 1. The predicted molar refractivity (Wildman–Crippen MR) is 103 cm³/mol. The van der Waals surface area contributed by atoms with Gasteiger partial charge in [0.2, 0.25) is 5.91 Å². The standard InChI is InChI=1S/C20H30N2O2.ClH/c21-19-8-4-7-18(19)13-20(23)22(14-16-5-2-1-3-6-16)15-17-9-11-24-12-10-17;/h1-3,5-6,17-19H,4,7-15,21H2;1H/t18-,19+;/m0./s1. The molecule has 0 bridgehead atoms. The van der Waals surface area contributed by atoms with Gasteiger partial charge in [-0.05, 0) is 43.1 Å². The molecular weight excluding hydrogens is 336 g/mol. The second kappa shape index (κ2) is 10.1. The average molecular weight is 367 g/mol. The molecule has 1 saturated carbocycles. The summed E-state index contributed by atoms with van der Waals surface area (Å²) in [7, 11) is 0. The number of carbonyl (C=O) groups excluding carboxylic acids is 1. The Bertz CT molecular complexity index is 520. The van der Waals surface area contributed by atoms with E-state index in [0.29, 0.717) is 24.8 Å². The van der Waals surface area contributed by atoms with Crippen molar-refractivity contribution in [2.24, 2.45) is 17.6 Å². The molecular formula is C20H31ClN2O2. The molecule has 25 heavy (non-hydrogen) atoms. The zero-order valence-electron chi connectivity index (χ0n) is 14.9. The first-order valence-corrected chi connectivity index (χ1v) is 9.37. The average Bonchev–Trinajstić information content (AvgIpc) is 3.01. The highest BCUT2D eigenvalue weighted by molar-refractivity contribution is 5.85. The topological polar surface area (TPSA) is 55.6 Å². The van der Waals surface area contributed by atoms with Crippen LogP contribution in [0.5, 0.6) is 0 Å². The number of carbonyl (C=O) groups is 1. The Morgan fingerprint density at radius 3 is 2.48 bits per heavy atom. The third kappa shape index (κ3) is 5.98. The fourth-order valence-electron chi connectivity index (χ4n) is 3.97. The summed E-state index contributed by atoms with van der Waals surface area (Å²) in [5.74, 6) is 1.20. The minimum Gasteiger partial charge on any atom is -0.381 e. The Hall–Kier alpha value is -1.10. The van der Waals surface area contributed by atoms with Gasteiger partial charge in [-0.3, -0.25) is 4.79 Å². The van der Waals surface area contributed by atoms with E-state index >= 15 is 0 Å². The van der Waals surface area contributed by atoms with Crippen molar-refractivity contribution < 1.29 is 9.53 Å². The lowest BCUT2D eigenvalue weighted by molar-refractivity contribution is -0.134. The minimum atomic E-state index is 0. The van der Waals surface area contributed by atoms with Gasteiger partial charge in [-0.2, -0.15) is 0 Å². The number of hydrogen-bond donors (Lipinski definition) is 1. The van der Waals surface area contributed by atoms with Crippen LogP contribution in [0.1, 0.15) is 44.1 Å². The molecule has 3 rings (SSSR count). The van der Waals surface area contributed by atoms with E-state index in [1.807, 2.05) is 18.2 Å². The zero-order chi connectivity index (χ0) is 16.8. The van der Waals surface area contributed by atoms with Gasteiger partial charge in [0.05, 0.1) is 0 Å². The van der Waals surface area contributed by atoms with Crippen LogP contribution in [0.2, 0.25) is 0 Å². The van der Waals surface area contributed by atoms with Crippen molar-refractivity contribution in [2.45, 2.75) is 51.1 Å². The summed E-state index contributed by atoms with van der Waals surface area (Å²) in [5.41, 5.74) is 7.38. The Morgan fingerprint density at radius 1 is 1.12 bits per heavy atom. The van der Waals surface area contributed by atoms with Crippen LogP contribution in [0.15, 0.2) is 30.3 Å². The van der Waals surface area contributed by atoms with Gasteiger partial charge in [0.1, 0.15) is 0 Å². The number of hydrogen-bond acceptors (Lipinski definition) is 3. The SMILES string of the molecule is Cl.N[C@@H]1CCC[C@H]1CC(=O)N(Cc1ccccc1)CC1CCOCC1. The molecule has 0 radical (unpaired) electrons. The fourth-order valence-corrected chi connectivity index (χ4v) is 3.97. The largest absolute Gasteiger partial charge is 0.381 e. The summed E-state index contributed by atoms with van der Waals surface area (Å²) < 4.78 is 5.46. The Balaban J connectivity index is 0.00000225. The maximum Gasteiger partial charge on any atom is 0.223 e. The summed E-state index contributed by atoms with van der Waals surface area (Å²) in [6, 6.07) is 10.5. The van der Waals surface area contributed by atoms with Gasteiger partial charge in [0.25, 0.3) is 0 Å². The molecule has 1 aromatic carbocycles. The van der Waals surface area contributed by atoms with Crippen molar-refractivity contribution >= 4 is 18.3 Å². The molecule has 1 heterocycles. The Labute approximate surface area is 157 Å². The number of nitrogens with two attached hydrogens (primary N) is 1. The van der Waals surface area contributed by atoms with E-state index in [1.165, 1.54) is 5.56 Å². The van der Waals surface area contributed by atoms with Gasteiger partial charge in [-0.25, -0.2) is 0 Å². The lowest BCUT2D eigenvalue weighted by atomic mass is 9.96. The van der Waals surface area contributed by atoms with E-state index in [4.69, 9.17) is 10.5 Å². The lowest BCUT2D eigenvalue weighted by Crippen LogP contribution is -2.39. The quantitative estimate of drug-likeness (QED) is 0.839. The van der Waals surface area contributed by atoms with E-state index in [1.54, 1.807) is 0 Å². The van der Waals surface area contributed by atoms with Crippen molar-refractivity contribution in [1.29, 1.82) is 0 Å². The van der Waals surface area contributed by atoms with E-state index in [2.05, 4.69) is 17.0 Å². The first kappa shape index (κ1) is 20.2. The second-order valence-electron chi connectivity index (χ2n) is 7.37. The van der Waals surface area contributed by atoms with Crippen molar-refractivity contribution in [3.05, 3.63) is 35.9 Å². The van der Waals surface area contributed by atoms with E-state index < -0.39 is 0 Å². The van der Waals surface area contributed by atoms with E-state index in [9.17, 15) is 4.79 Å². The molecule has 2 atom stereocenters. The number of rotatable bonds is 6. The highest BCUT2D eigenvalue weighted by atomic mass is 35.5. The first-order chi connectivity index (χ1) is 11.7. The summed E-state index contributed by atoms with van der Waals surface area (Å²) in [4.78, 5) is 15.0. The molecule has 2 fully saturated rings. The first-order valence-electron chi connectivity index (χ1n) is 9.37. The highest BCUT2D eigenvalue weighted by Crippen LogP contribution is 2.28. The molecule has 0 aromatic heterocycles. The molecule has 1 aliphatic heterocycles. The zero-order valence-corrected chi connectivity index (χ0v) is 15.8. The predicted octanol–water partition coefficient (Wildman–Crippen LogP) is 3.38. The molecule has 4 nitrogen and oxygen atoms in total. The van der Waals surface area contributed by atoms with Crippen LogP contribution in [-0.4, -0.2) is 36.6 Å². The Morgan fingerprint density at radius 2 is 1.84 bits per heavy atom. The van der Waals surface area contributed by atoms with Crippen LogP contribution in [0.3, 0.4) is 0 Å². The van der Waals surface area contributed by atoms with Gasteiger partial charge >= 0.3 is 0 Å². The second-order valence-corrected chi connectivity index (χ2v) is 7.37. The minimum absolute atomic E-state index is 0. The smallest absolute Gasteiger partial charge is 0.223 e. The molecule has 140 valence electrons. The van der Waals surface area contributed by atoms with E-state index in [-0.39, 0.29) is 24.4 Å². The number of halogens is 1. The number of ether oxygens (including phenoxy) is 1. The van der Waals surface area contributed by atoms with Crippen LogP contribution < -0.4 is 5.73 Å². The fraction of sp³-hybridized carbons (Fsp3) is 0.650. The summed E-state index contributed by atoms with van der Waals surface area (Å²) in [6.45, 7) is 3.20. The van der Waals surface area contributed by atoms with Crippen molar-refractivity contribution in [3.63, 3.8) is 0 Å². The number of benzene rings is 1. The van der Waals surface area contributed by atoms with Gasteiger partial charge < -0.3 is 15.4 Å². The molecule has 0 spiro atoms. The monoisotopic (exact) mass is 366 g/mol. The van der Waals surface area contributed by atoms with Crippen LogP contribution in [0, 0.1) is 11.8 Å². The molecule has 0 unspecified atom stereocenters. The van der Waals surface area contributed by atoms with Gasteiger partial charge in [-0.15, -0.1) is 12.4 Å². The van der Waals surface area contributed by atoms with Gasteiger partial charge in [-0.1, -0.05) is 36.8 Å². The van der Waals surface area contributed by atoms with E-state index in [0.717, 1.165) is 51.9 Å². The Kier molecular flexibility index (Phi) is 8.20. The summed E-state index contributed by atoms with van der Waals surface area (Å²) in [6.07, 6.45) is 6.05.